The number of rotatable bonds is 6. The van der Waals surface area contributed by atoms with E-state index in [1.807, 2.05) is 32.9 Å². The summed E-state index contributed by atoms with van der Waals surface area (Å²) in [4.78, 5) is 4.52. The zero-order valence-corrected chi connectivity index (χ0v) is 16.5. The van der Waals surface area contributed by atoms with Gasteiger partial charge in [-0.15, -0.1) is 0 Å². The van der Waals surface area contributed by atoms with E-state index >= 15 is 0 Å². The maximum absolute atomic E-state index is 12.6. The number of nitrogens with zero attached hydrogens (tertiary/aromatic N) is 1. The van der Waals surface area contributed by atoms with Crippen LogP contribution in [0.1, 0.15) is 25.5 Å². The summed E-state index contributed by atoms with van der Waals surface area (Å²) < 4.78 is 38.7. The monoisotopic (exact) mass is 386 g/mol. The van der Waals surface area contributed by atoms with Gasteiger partial charge in [0.25, 0.3) is 10.0 Å². The molecule has 0 bridgehead atoms. The first kappa shape index (κ1) is 19.0. The molecule has 3 rings (SSSR count). The van der Waals surface area contributed by atoms with Crippen LogP contribution in [0.25, 0.3) is 11.3 Å². The molecule has 6 nitrogen and oxygen atoms in total. The van der Waals surface area contributed by atoms with Crippen LogP contribution in [0.4, 0.5) is 5.69 Å². The van der Waals surface area contributed by atoms with Gasteiger partial charge in [0.15, 0.2) is 5.89 Å². The Morgan fingerprint density at radius 3 is 2.15 bits per heavy atom. The molecular weight excluding hydrogens is 364 g/mol. The number of ether oxygens (including phenoxy) is 1. The first-order chi connectivity index (χ1) is 12.7. The van der Waals surface area contributed by atoms with Gasteiger partial charge >= 0.3 is 0 Å². The fourth-order valence-electron chi connectivity index (χ4n) is 2.68. The fraction of sp³-hybridized carbons (Fsp3) is 0.250. The van der Waals surface area contributed by atoms with Crippen molar-refractivity contribution in [3.05, 3.63) is 60.2 Å². The number of hydrogen-bond acceptors (Lipinski definition) is 5. The molecule has 1 heterocycles. The highest BCUT2D eigenvalue weighted by Gasteiger charge is 2.15. The normalized spacial score (nSPS) is 11.6. The van der Waals surface area contributed by atoms with Crippen molar-refractivity contribution in [1.29, 1.82) is 0 Å². The molecule has 0 saturated heterocycles. The van der Waals surface area contributed by atoms with E-state index in [2.05, 4.69) is 9.71 Å². The van der Waals surface area contributed by atoms with Gasteiger partial charge in [-0.1, -0.05) is 12.1 Å². The SMILES string of the molecule is Cc1nc(-c2ccc(NS(=O)(=O)c3ccc(OC(C)C)cc3)cc2)c(C)o1. The third-order valence-corrected chi connectivity index (χ3v) is 5.22. The van der Waals surface area contributed by atoms with E-state index in [1.165, 1.54) is 12.1 Å². The average Bonchev–Trinajstić information content (AvgIpc) is 2.93. The minimum Gasteiger partial charge on any atom is -0.491 e. The van der Waals surface area contributed by atoms with Crippen LogP contribution in [-0.4, -0.2) is 19.5 Å². The van der Waals surface area contributed by atoms with Gasteiger partial charge in [-0.2, -0.15) is 0 Å². The summed E-state index contributed by atoms with van der Waals surface area (Å²) in [7, 11) is -3.68. The predicted octanol–water partition coefficient (Wildman–Crippen LogP) is 4.55. The second-order valence-corrected chi connectivity index (χ2v) is 8.14. The van der Waals surface area contributed by atoms with E-state index in [1.54, 1.807) is 31.2 Å². The van der Waals surface area contributed by atoms with Gasteiger partial charge < -0.3 is 9.15 Å². The Kier molecular flexibility index (Phi) is 5.23. The molecule has 0 atom stereocenters. The lowest BCUT2D eigenvalue weighted by Gasteiger charge is -2.11. The molecule has 27 heavy (non-hydrogen) atoms. The largest absolute Gasteiger partial charge is 0.491 e. The van der Waals surface area contributed by atoms with Gasteiger partial charge in [0.05, 0.1) is 11.0 Å². The van der Waals surface area contributed by atoms with Crippen LogP contribution < -0.4 is 9.46 Å². The van der Waals surface area contributed by atoms with E-state index in [0.29, 0.717) is 17.3 Å². The Hall–Kier alpha value is -2.80. The van der Waals surface area contributed by atoms with Gasteiger partial charge in [-0.3, -0.25) is 4.72 Å². The molecule has 1 N–H and O–H groups in total. The van der Waals surface area contributed by atoms with Crippen molar-refractivity contribution in [2.24, 2.45) is 0 Å². The fourth-order valence-corrected chi connectivity index (χ4v) is 3.74. The molecule has 0 radical (unpaired) electrons. The number of aromatic nitrogens is 1. The number of hydrogen-bond donors (Lipinski definition) is 1. The zero-order chi connectivity index (χ0) is 19.6. The summed E-state index contributed by atoms with van der Waals surface area (Å²) in [6.07, 6.45) is 0.0289. The van der Waals surface area contributed by atoms with Crippen LogP contribution in [0.15, 0.2) is 57.8 Å². The number of sulfonamides is 1. The smallest absolute Gasteiger partial charge is 0.261 e. The van der Waals surface area contributed by atoms with Gasteiger partial charge in [-0.05, 0) is 57.2 Å². The maximum Gasteiger partial charge on any atom is 0.261 e. The van der Waals surface area contributed by atoms with Crippen molar-refractivity contribution < 1.29 is 17.6 Å². The number of benzene rings is 2. The molecule has 2 aromatic carbocycles. The van der Waals surface area contributed by atoms with E-state index in [9.17, 15) is 8.42 Å². The molecule has 0 aliphatic rings. The van der Waals surface area contributed by atoms with Crippen molar-refractivity contribution in [3.8, 4) is 17.0 Å². The van der Waals surface area contributed by atoms with Crippen molar-refractivity contribution >= 4 is 15.7 Å². The van der Waals surface area contributed by atoms with Crippen molar-refractivity contribution in [3.63, 3.8) is 0 Å². The van der Waals surface area contributed by atoms with E-state index in [4.69, 9.17) is 9.15 Å². The minimum atomic E-state index is -3.68. The molecule has 0 aliphatic heterocycles. The van der Waals surface area contributed by atoms with Gasteiger partial charge in [-0.25, -0.2) is 13.4 Å². The summed E-state index contributed by atoms with van der Waals surface area (Å²) in [5.41, 5.74) is 2.09. The van der Waals surface area contributed by atoms with Gasteiger partial charge in [0.2, 0.25) is 0 Å². The maximum atomic E-state index is 12.6. The molecule has 0 fully saturated rings. The lowest BCUT2D eigenvalue weighted by Crippen LogP contribution is -2.13. The van der Waals surface area contributed by atoms with Crippen LogP contribution in [0.2, 0.25) is 0 Å². The second-order valence-electron chi connectivity index (χ2n) is 6.46. The third-order valence-electron chi connectivity index (χ3n) is 3.82. The van der Waals surface area contributed by atoms with E-state index < -0.39 is 10.0 Å². The van der Waals surface area contributed by atoms with Crippen LogP contribution in [0, 0.1) is 13.8 Å². The Morgan fingerprint density at radius 1 is 1.00 bits per heavy atom. The van der Waals surface area contributed by atoms with Crippen molar-refractivity contribution in [1.82, 2.24) is 4.98 Å². The molecule has 0 saturated carbocycles. The Bertz CT molecular complexity index is 1020. The average molecular weight is 386 g/mol. The third kappa shape index (κ3) is 4.49. The van der Waals surface area contributed by atoms with Crippen LogP contribution in [-0.2, 0) is 10.0 Å². The first-order valence-corrected chi connectivity index (χ1v) is 10.1. The summed E-state index contributed by atoms with van der Waals surface area (Å²) in [5.74, 6) is 1.95. The molecule has 0 unspecified atom stereocenters. The van der Waals surface area contributed by atoms with Gasteiger partial charge in [0.1, 0.15) is 17.2 Å². The van der Waals surface area contributed by atoms with E-state index in [-0.39, 0.29) is 11.0 Å². The highest BCUT2D eigenvalue weighted by molar-refractivity contribution is 7.92. The van der Waals surface area contributed by atoms with Crippen molar-refractivity contribution in [2.75, 3.05) is 4.72 Å². The summed E-state index contributed by atoms with van der Waals surface area (Å²) >= 11 is 0. The zero-order valence-electron chi connectivity index (χ0n) is 15.7. The molecule has 0 spiro atoms. The molecule has 0 aliphatic carbocycles. The predicted molar refractivity (Wildman–Crippen MR) is 104 cm³/mol. The summed E-state index contributed by atoms with van der Waals surface area (Å²) in [6.45, 7) is 7.46. The van der Waals surface area contributed by atoms with E-state index in [0.717, 1.165) is 17.0 Å². The number of anilines is 1. The number of oxazole rings is 1. The highest BCUT2D eigenvalue weighted by Crippen LogP contribution is 2.26. The Balaban J connectivity index is 1.76. The summed E-state index contributed by atoms with van der Waals surface area (Å²) in [6, 6.07) is 13.4. The van der Waals surface area contributed by atoms with Crippen LogP contribution in [0.5, 0.6) is 5.75 Å². The minimum absolute atomic E-state index is 0.0289. The van der Waals surface area contributed by atoms with Crippen LogP contribution >= 0.6 is 0 Å². The lowest BCUT2D eigenvalue weighted by molar-refractivity contribution is 0.242. The second kappa shape index (κ2) is 7.44. The summed E-state index contributed by atoms with van der Waals surface area (Å²) in [5, 5.41) is 0. The van der Waals surface area contributed by atoms with Gasteiger partial charge in [0, 0.05) is 18.2 Å². The van der Waals surface area contributed by atoms with Crippen LogP contribution in [0.3, 0.4) is 0 Å². The quantitative estimate of drug-likeness (QED) is 0.672. The molecule has 0 amide bonds. The Morgan fingerprint density at radius 2 is 1.63 bits per heavy atom. The first-order valence-electron chi connectivity index (χ1n) is 8.58. The standard InChI is InChI=1S/C20H22N2O4S/c1-13(2)25-18-9-11-19(12-10-18)27(23,24)22-17-7-5-16(6-8-17)20-14(3)26-15(4)21-20/h5-13,22H,1-4H3. The number of aryl methyl sites for hydroxylation is 2. The lowest BCUT2D eigenvalue weighted by atomic mass is 10.1. The topological polar surface area (TPSA) is 81.4 Å². The molecule has 142 valence electrons. The molecule has 3 aromatic rings. The molecule has 1 aromatic heterocycles. The van der Waals surface area contributed by atoms with Crippen molar-refractivity contribution in [2.45, 2.75) is 38.7 Å². The Labute approximate surface area is 159 Å². The number of nitrogens with one attached hydrogen (secondary N) is 1. The molecular formula is C20H22N2O4S. The highest BCUT2D eigenvalue weighted by atomic mass is 32.2. The molecule has 7 heteroatoms.